The van der Waals surface area contributed by atoms with Gasteiger partial charge in [-0.3, -0.25) is 9.59 Å². The Hall–Kier alpha value is -0.810. The molecule has 2 aliphatic carbocycles. The molecular formula is C12H22ClN3O2. The number of hydrogen-bond donors (Lipinski definition) is 3. The Labute approximate surface area is 114 Å². The van der Waals surface area contributed by atoms with E-state index in [0.717, 1.165) is 12.8 Å². The zero-order chi connectivity index (χ0) is 12.4. The van der Waals surface area contributed by atoms with E-state index in [1.807, 2.05) is 0 Å². The largest absolute Gasteiger partial charge is 0.355 e. The third kappa shape index (κ3) is 3.14. The van der Waals surface area contributed by atoms with Gasteiger partial charge in [0.15, 0.2) is 0 Å². The van der Waals surface area contributed by atoms with Crippen LogP contribution in [0.15, 0.2) is 0 Å². The second-order valence-electron chi connectivity index (χ2n) is 5.21. The van der Waals surface area contributed by atoms with Crippen LogP contribution in [0.5, 0.6) is 0 Å². The van der Waals surface area contributed by atoms with E-state index in [9.17, 15) is 9.59 Å². The highest BCUT2D eigenvalue weighted by atomic mass is 35.5. The second-order valence-corrected chi connectivity index (χ2v) is 5.21. The first-order chi connectivity index (χ1) is 8.09. The van der Waals surface area contributed by atoms with Gasteiger partial charge in [-0.2, -0.15) is 0 Å². The first-order valence-electron chi connectivity index (χ1n) is 6.37. The lowest BCUT2D eigenvalue weighted by atomic mass is 9.84. The van der Waals surface area contributed by atoms with Crippen molar-refractivity contribution >= 4 is 24.2 Å². The SMILES string of the molecule is CC(=O)NCCNC(=O)C1C2CCC(C2)C1N.Cl. The van der Waals surface area contributed by atoms with Crippen molar-refractivity contribution in [2.75, 3.05) is 13.1 Å². The van der Waals surface area contributed by atoms with Crippen LogP contribution in [0.1, 0.15) is 26.2 Å². The Morgan fingerprint density at radius 3 is 2.33 bits per heavy atom. The van der Waals surface area contributed by atoms with Crippen molar-refractivity contribution in [2.24, 2.45) is 23.5 Å². The summed E-state index contributed by atoms with van der Waals surface area (Å²) in [6, 6.07) is 0.0366. The zero-order valence-electron chi connectivity index (χ0n) is 10.6. The summed E-state index contributed by atoms with van der Waals surface area (Å²) in [5.74, 6) is 1.01. The average Bonchev–Trinajstić information content (AvgIpc) is 2.84. The molecule has 0 saturated heterocycles. The summed E-state index contributed by atoms with van der Waals surface area (Å²) in [5.41, 5.74) is 6.09. The van der Waals surface area contributed by atoms with Gasteiger partial charge in [0.2, 0.25) is 11.8 Å². The van der Waals surface area contributed by atoms with E-state index in [-0.39, 0.29) is 36.2 Å². The van der Waals surface area contributed by atoms with Crippen LogP contribution in [0.4, 0.5) is 0 Å². The van der Waals surface area contributed by atoms with Crippen LogP contribution < -0.4 is 16.4 Å². The molecule has 4 unspecified atom stereocenters. The van der Waals surface area contributed by atoms with Crippen molar-refractivity contribution in [3.8, 4) is 0 Å². The van der Waals surface area contributed by atoms with E-state index in [4.69, 9.17) is 5.73 Å². The molecule has 5 nitrogen and oxygen atoms in total. The van der Waals surface area contributed by atoms with Gasteiger partial charge in [0.1, 0.15) is 0 Å². The molecule has 4 atom stereocenters. The Morgan fingerprint density at radius 1 is 1.17 bits per heavy atom. The highest BCUT2D eigenvalue weighted by Crippen LogP contribution is 2.47. The number of fused-ring (bicyclic) bond motifs is 2. The average molecular weight is 276 g/mol. The molecule has 4 N–H and O–H groups in total. The van der Waals surface area contributed by atoms with Crippen LogP contribution in [0.2, 0.25) is 0 Å². The minimum absolute atomic E-state index is 0. The molecule has 0 aromatic heterocycles. The molecule has 6 heteroatoms. The van der Waals surface area contributed by atoms with E-state index in [1.165, 1.54) is 13.3 Å². The van der Waals surface area contributed by atoms with Gasteiger partial charge >= 0.3 is 0 Å². The summed E-state index contributed by atoms with van der Waals surface area (Å²) in [6.07, 6.45) is 3.44. The molecule has 18 heavy (non-hydrogen) atoms. The van der Waals surface area contributed by atoms with E-state index in [2.05, 4.69) is 10.6 Å². The molecule has 2 rings (SSSR count). The lowest BCUT2D eigenvalue weighted by Gasteiger charge is -2.27. The van der Waals surface area contributed by atoms with Crippen molar-refractivity contribution in [2.45, 2.75) is 32.2 Å². The van der Waals surface area contributed by atoms with Gasteiger partial charge in [0.25, 0.3) is 0 Å². The normalized spacial score (nSPS) is 32.8. The minimum atomic E-state index is -0.0733. The Kier molecular flexibility index (Phi) is 5.41. The molecule has 104 valence electrons. The third-order valence-corrected chi connectivity index (χ3v) is 4.08. The molecule has 2 fully saturated rings. The zero-order valence-corrected chi connectivity index (χ0v) is 11.5. The van der Waals surface area contributed by atoms with Gasteiger partial charge in [0, 0.05) is 26.1 Å². The second kappa shape index (κ2) is 6.38. The molecule has 0 spiro atoms. The van der Waals surface area contributed by atoms with Gasteiger partial charge < -0.3 is 16.4 Å². The molecule has 0 aromatic carbocycles. The Bertz CT molecular complexity index is 322. The van der Waals surface area contributed by atoms with Crippen LogP contribution >= 0.6 is 12.4 Å². The number of amides is 2. The summed E-state index contributed by atoms with van der Waals surface area (Å²) in [4.78, 5) is 22.6. The molecule has 2 saturated carbocycles. The first-order valence-corrected chi connectivity index (χ1v) is 6.37. The van der Waals surface area contributed by atoms with E-state index in [0.29, 0.717) is 24.9 Å². The molecule has 2 aliphatic rings. The van der Waals surface area contributed by atoms with Gasteiger partial charge in [-0.15, -0.1) is 12.4 Å². The molecule has 2 amide bonds. The fraction of sp³-hybridized carbons (Fsp3) is 0.833. The lowest BCUT2D eigenvalue weighted by Crippen LogP contribution is -2.46. The fourth-order valence-corrected chi connectivity index (χ4v) is 3.27. The smallest absolute Gasteiger partial charge is 0.225 e. The number of nitrogens with one attached hydrogen (secondary N) is 2. The van der Waals surface area contributed by atoms with Gasteiger partial charge in [-0.05, 0) is 31.1 Å². The van der Waals surface area contributed by atoms with E-state index < -0.39 is 0 Å². The summed E-state index contributed by atoms with van der Waals surface area (Å²) < 4.78 is 0. The number of nitrogens with two attached hydrogens (primary N) is 1. The Balaban J connectivity index is 0.00000162. The maximum absolute atomic E-state index is 12.0. The number of halogens is 1. The van der Waals surface area contributed by atoms with Crippen LogP contribution in [-0.4, -0.2) is 30.9 Å². The van der Waals surface area contributed by atoms with Crippen molar-refractivity contribution in [3.05, 3.63) is 0 Å². The number of carbonyl (C=O) groups is 2. The molecule has 2 bridgehead atoms. The maximum Gasteiger partial charge on any atom is 0.225 e. The van der Waals surface area contributed by atoms with E-state index in [1.54, 1.807) is 0 Å². The third-order valence-electron chi connectivity index (χ3n) is 4.08. The van der Waals surface area contributed by atoms with Gasteiger partial charge in [-0.1, -0.05) is 0 Å². The predicted molar refractivity (Wildman–Crippen MR) is 71.2 cm³/mol. The van der Waals surface area contributed by atoms with Crippen molar-refractivity contribution in [1.82, 2.24) is 10.6 Å². The lowest BCUT2D eigenvalue weighted by molar-refractivity contribution is -0.127. The van der Waals surface area contributed by atoms with Crippen LogP contribution in [0.25, 0.3) is 0 Å². The Morgan fingerprint density at radius 2 is 1.78 bits per heavy atom. The van der Waals surface area contributed by atoms with Crippen LogP contribution in [-0.2, 0) is 9.59 Å². The van der Waals surface area contributed by atoms with Crippen LogP contribution in [0, 0.1) is 17.8 Å². The molecule has 0 aromatic rings. The first kappa shape index (κ1) is 15.2. The van der Waals surface area contributed by atoms with Crippen molar-refractivity contribution in [1.29, 1.82) is 0 Å². The summed E-state index contributed by atoms with van der Waals surface area (Å²) in [5, 5.41) is 5.51. The quantitative estimate of drug-likeness (QED) is 0.633. The van der Waals surface area contributed by atoms with Crippen molar-refractivity contribution in [3.63, 3.8) is 0 Å². The van der Waals surface area contributed by atoms with Gasteiger partial charge in [-0.25, -0.2) is 0 Å². The molecule has 0 heterocycles. The van der Waals surface area contributed by atoms with Crippen LogP contribution in [0.3, 0.4) is 0 Å². The van der Waals surface area contributed by atoms with E-state index >= 15 is 0 Å². The summed E-state index contributed by atoms with van der Waals surface area (Å²) >= 11 is 0. The topological polar surface area (TPSA) is 84.2 Å². The van der Waals surface area contributed by atoms with Crippen molar-refractivity contribution < 1.29 is 9.59 Å². The molecular weight excluding hydrogens is 254 g/mol. The number of hydrogen-bond acceptors (Lipinski definition) is 3. The summed E-state index contributed by atoms with van der Waals surface area (Å²) in [7, 11) is 0. The fourth-order valence-electron chi connectivity index (χ4n) is 3.27. The minimum Gasteiger partial charge on any atom is -0.355 e. The monoisotopic (exact) mass is 275 g/mol. The summed E-state index contributed by atoms with van der Waals surface area (Å²) in [6.45, 7) is 2.43. The van der Waals surface area contributed by atoms with Gasteiger partial charge in [0.05, 0.1) is 5.92 Å². The highest BCUT2D eigenvalue weighted by molar-refractivity contribution is 5.85. The highest BCUT2D eigenvalue weighted by Gasteiger charge is 2.48. The number of rotatable bonds is 4. The number of carbonyl (C=O) groups excluding carboxylic acids is 2. The maximum atomic E-state index is 12.0. The molecule has 0 aliphatic heterocycles. The molecule has 0 radical (unpaired) electrons. The standard InChI is InChI=1S/C12H21N3O2.ClH/c1-7(16)14-4-5-15-12(17)10-8-2-3-9(6-8)11(10)13;/h8-11H,2-6,13H2,1H3,(H,14,16)(H,15,17);1H. The predicted octanol–water partition coefficient (Wildman–Crippen LogP) is 0.0339.